The summed E-state index contributed by atoms with van der Waals surface area (Å²) in [6.45, 7) is 0. The molecule has 1 heterocycles. The number of nitrogens with two attached hydrogens (primary N) is 1. The van der Waals surface area contributed by atoms with Crippen molar-refractivity contribution in [3.8, 4) is 5.75 Å². The molecule has 92 valence electrons. The van der Waals surface area contributed by atoms with Crippen molar-refractivity contribution in [1.82, 2.24) is 0 Å². The van der Waals surface area contributed by atoms with E-state index in [1.165, 1.54) is 0 Å². The van der Waals surface area contributed by atoms with Crippen molar-refractivity contribution in [3.05, 3.63) is 29.8 Å². The molecule has 1 aliphatic carbocycles. The van der Waals surface area contributed by atoms with Crippen molar-refractivity contribution in [1.29, 1.82) is 0 Å². The van der Waals surface area contributed by atoms with Crippen LogP contribution in [0.3, 0.4) is 0 Å². The zero-order valence-corrected chi connectivity index (χ0v) is 10.2. The Balaban J connectivity index is 1.72. The molecule has 17 heavy (non-hydrogen) atoms. The molecule has 1 saturated carbocycles. The summed E-state index contributed by atoms with van der Waals surface area (Å²) < 4.78 is 27.7. The molecule has 2 aliphatic rings. The Morgan fingerprint density at radius 1 is 1.29 bits per heavy atom. The smallest absolute Gasteiger partial charge is 0.157 e. The second kappa shape index (κ2) is 3.46. The van der Waals surface area contributed by atoms with Crippen molar-refractivity contribution < 1.29 is 13.2 Å². The first-order valence-electron chi connectivity index (χ1n) is 5.73. The van der Waals surface area contributed by atoms with Crippen LogP contribution in [0, 0.1) is 0 Å². The molecule has 3 rings (SSSR count). The second-order valence-corrected chi connectivity index (χ2v) is 7.15. The zero-order valence-electron chi connectivity index (χ0n) is 9.43. The molecule has 1 saturated heterocycles. The Labute approximate surface area is 101 Å². The molecule has 0 unspecified atom stereocenters. The van der Waals surface area contributed by atoms with Crippen molar-refractivity contribution in [2.75, 3.05) is 11.5 Å². The highest BCUT2D eigenvalue weighted by atomic mass is 32.2. The SMILES string of the molecule is NC1(c2cccc(OC3CS(=O)(=O)C3)c2)CC1. The van der Waals surface area contributed by atoms with Crippen molar-refractivity contribution in [3.63, 3.8) is 0 Å². The van der Waals surface area contributed by atoms with E-state index in [4.69, 9.17) is 10.5 Å². The first-order chi connectivity index (χ1) is 7.97. The van der Waals surface area contributed by atoms with Crippen LogP contribution in [0.4, 0.5) is 0 Å². The van der Waals surface area contributed by atoms with Gasteiger partial charge in [-0.25, -0.2) is 8.42 Å². The van der Waals surface area contributed by atoms with E-state index in [0.29, 0.717) is 0 Å². The summed E-state index contributed by atoms with van der Waals surface area (Å²) in [5.41, 5.74) is 7.01. The lowest BCUT2D eigenvalue weighted by Crippen LogP contribution is -2.45. The summed E-state index contributed by atoms with van der Waals surface area (Å²) in [4.78, 5) is 0. The molecule has 4 nitrogen and oxygen atoms in total. The van der Waals surface area contributed by atoms with Crippen LogP contribution in [0.2, 0.25) is 0 Å². The van der Waals surface area contributed by atoms with Gasteiger partial charge in [0.1, 0.15) is 11.9 Å². The molecule has 2 fully saturated rings. The van der Waals surface area contributed by atoms with E-state index in [9.17, 15) is 8.42 Å². The fourth-order valence-electron chi connectivity index (χ4n) is 2.08. The lowest BCUT2D eigenvalue weighted by Gasteiger charge is -2.26. The molecule has 0 bridgehead atoms. The lowest BCUT2D eigenvalue weighted by molar-refractivity contribution is 0.230. The predicted octanol–water partition coefficient (Wildman–Crippen LogP) is 0.810. The number of benzene rings is 1. The van der Waals surface area contributed by atoms with Crippen LogP contribution < -0.4 is 10.5 Å². The van der Waals surface area contributed by atoms with Crippen molar-refractivity contribution in [2.45, 2.75) is 24.5 Å². The lowest BCUT2D eigenvalue weighted by atomic mass is 10.1. The summed E-state index contributed by atoms with van der Waals surface area (Å²) in [6, 6.07) is 7.68. The first-order valence-corrected chi connectivity index (χ1v) is 7.56. The average molecular weight is 253 g/mol. The highest BCUT2D eigenvalue weighted by Crippen LogP contribution is 2.43. The third kappa shape index (κ3) is 2.17. The fraction of sp³-hybridized carbons (Fsp3) is 0.500. The van der Waals surface area contributed by atoms with Crippen LogP contribution in [0.15, 0.2) is 24.3 Å². The number of ether oxygens (including phenoxy) is 1. The van der Waals surface area contributed by atoms with Crippen molar-refractivity contribution >= 4 is 9.84 Å². The monoisotopic (exact) mass is 253 g/mol. The maximum absolute atomic E-state index is 11.0. The minimum absolute atomic E-state index is 0.130. The normalized spacial score (nSPS) is 25.0. The quantitative estimate of drug-likeness (QED) is 0.865. The van der Waals surface area contributed by atoms with Gasteiger partial charge in [-0.1, -0.05) is 12.1 Å². The zero-order chi connectivity index (χ0) is 12.1. The van der Waals surface area contributed by atoms with Gasteiger partial charge in [-0.3, -0.25) is 0 Å². The molecule has 1 aromatic rings. The molecule has 0 spiro atoms. The third-order valence-corrected chi connectivity index (χ3v) is 5.14. The molecule has 1 aromatic carbocycles. The highest BCUT2D eigenvalue weighted by molar-refractivity contribution is 7.92. The maximum Gasteiger partial charge on any atom is 0.157 e. The largest absolute Gasteiger partial charge is 0.488 e. The number of rotatable bonds is 3. The number of sulfone groups is 1. The van der Waals surface area contributed by atoms with Gasteiger partial charge in [0.05, 0.1) is 11.5 Å². The third-order valence-electron chi connectivity index (χ3n) is 3.38. The van der Waals surface area contributed by atoms with Gasteiger partial charge >= 0.3 is 0 Å². The standard InChI is InChI=1S/C12H15NO3S/c13-12(4-5-12)9-2-1-3-10(6-9)16-11-7-17(14,15)8-11/h1-3,6,11H,4-5,7-8,13H2. The van der Waals surface area contributed by atoms with Gasteiger partial charge in [-0.15, -0.1) is 0 Å². The molecule has 0 amide bonds. The van der Waals surface area contributed by atoms with Gasteiger partial charge in [0.2, 0.25) is 0 Å². The predicted molar refractivity (Wildman–Crippen MR) is 64.6 cm³/mol. The van der Waals surface area contributed by atoms with E-state index >= 15 is 0 Å². The average Bonchev–Trinajstić information content (AvgIpc) is 2.96. The van der Waals surface area contributed by atoms with Crippen LogP contribution in [0.25, 0.3) is 0 Å². The first kappa shape index (κ1) is 11.0. The maximum atomic E-state index is 11.0. The molecular formula is C12H15NO3S. The molecule has 5 heteroatoms. The minimum atomic E-state index is -2.83. The van der Waals surface area contributed by atoms with Crippen LogP contribution in [-0.2, 0) is 15.4 Å². The fourth-order valence-corrected chi connectivity index (χ4v) is 3.25. The van der Waals surface area contributed by atoms with Gasteiger partial charge < -0.3 is 10.5 Å². The Bertz CT molecular complexity index is 537. The van der Waals surface area contributed by atoms with Crippen LogP contribution in [-0.4, -0.2) is 26.0 Å². The highest BCUT2D eigenvalue weighted by Gasteiger charge is 2.40. The summed E-state index contributed by atoms with van der Waals surface area (Å²) >= 11 is 0. The Kier molecular flexibility index (Phi) is 2.25. The summed E-state index contributed by atoms with van der Waals surface area (Å²) in [7, 11) is -2.83. The van der Waals surface area contributed by atoms with E-state index in [1.807, 2.05) is 24.3 Å². The van der Waals surface area contributed by atoms with Gasteiger partial charge in [0.15, 0.2) is 9.84 Å². The van der Waals surface area contributed by atoms with Gasteiger partial charge in [0, 0.05) is 5.54 Å². The Morgan fingerprint density at radius 3 is 2.59 bits per heavy atom. The minimum Gasteiger partial charge on any atom is -0.488 e. The molecule has 0 atom stereocenters. The summed E-state index contributed by atoms with van der Waals surface area (Å²) in [5.74, 6) is 0.981. The molecule has 0 radical (unpaired) electrons. The van der Waals surface area contributed by atoms with E-state index < -0.39 is 9.84 Å². The second-order valence-electron chi connectivity index (χ2n) is 5.00. The topological polar surface area (TPSA) is 69.4 Å². The van der Waals surface area contributed by atoms with E-state index in [0.717, 1.165) is 24.2 Å². The van der Waals surface area contributed by atoms with Crippen LogP contribution in [0.5, 0.6) is 5.75 Å². The van der Waals surface area contributed by atoms with Gasteiger partial charge in [0.25, 0.3) is 0 Å². The van der Waals surface area contributed by atoms with Gasteiger partial charge in [-0.2, -0.15) is 0 Å². The van der Waals surface area contributed by atoms with E-state index in [1.54, 1.807) is 0 Å². The molecule has 1 aliphatic heterocycles. The molecule has 0 aromatic heterocycles. The van der Waals surface area contributed by atoms with E-state index in [2.05, 4.69) is 0 Å². The summed E-state index contributed by atoms with van der Waals surface area (Å²) in [5, 5.41) is 0. The molecule has 2 N–H and O–H groups in total. The van der Waals surface area contributed by atoms with Crippen LogP contribution >= 0.6 is 0 Å². The van der Waals surface area contributed by atoms with E-state index in [-0.39, 0.29) is 23.1 Å². The Morgan fingerprint density at radius 2 is 2.00 bits per heavy atom. The Hall–Kier alpha value is -1.07. The van der Waals surface area contributed by atoms with Gasteiger partial charge in [-0.05, 0) is 30.5 Å². The van der Waals surface area contributed by atoms with Crippen molar-refractivity contribution in [2.24, 2.45) is 5.73 Å². The summed E-state index contributed by atoms with van der Waals surface area (Å²) in [6.07, 6.45) is 1.82. The number of hydrogen-bond acceptors (Lipinski definition) is 4. The molecular weight excluding hydrogens is 238 g/mol. The number of hydrogen-bond donors (Lipinski definition) is 1. The van der Waals surface area contributed by atoms with Crippen LogP contribution in [0.1, 0.15) is 18.4 Å².